The normalized spacial score (nSPS) is 12.2. The molecule has 11 nitrogen and oxygen atoms in total. The van der Waals surface area contributed by atoms with E-state index in [0.29, 0.717) is 27.0 Å². The summed E-state index contributed by atoms with van der Waals surface area (Å²) in [5.74, 6) is -0.327. The van der Waals surface area contributed by atoms with E-state index in [1.165, 1.54) is 11.3 Å². The summed E-state index contributed by atoms with van der Waals surface area (Å²) < 4.78 is 23.5. The second kappa shape index (κ2) is 9.60. The van der Waals surface area contributed by atoms with Crippen molar-refractivity contribution in [2.24, 2.45) is 0 Å². The molecule has 14 heteroatoms. The van der Waals surface area contributed by atoms with Gasteiger partial charge in [-0.25, -0.2) is 9.97 Å². The molecule has 0 aliphatic heterocycles. The number of fused-ring (bicyclic) bond motifs is 1. The van der Waals surface area contributed by atoms with Crippen molar-refractivity contribution in [1.29, 1.82) is 0 Å². The molecule has 2 aromatic heterocycles. The third-order valence-electron chi connectivity index (χ3n) is 4.92. The van der Waals surface area contributed by atoms with Crippen LogP contribution in [-0.4, -0.2) is 41.0 Å². The highest BCUT2D eigenvalue weighted by molar-refractivity contribution is 7.71. The van der Waals surface area contributed by atoms with Crippen LogP contribution in [0.4, 0.5) is 11.5 Å². The number of hydrogen-bond donors (Lipinski definition) is 6. The molecule has 0 saturated carbocycles. The molecule has 0 unspecified atom stereocenters. The molecule has 0 atom stereocenters. The number of carbonyl (C=O) groups is 1. The number of anilines is 2. The maximum atomic E-state index is 12.6. The standard InChI is InChI=1S/C21H20N4O7P2S/c1-12-5-7-13(8-6-12)19(26)22-15-4-2-3-14(11-15)17-23-18(16-9-10-35-20(16)24-17)25-21(33(27,28)29)34(30,31)32/h2-11,21H,1H3,(H,22,26)(H,23,24,25)(H2,27,28,29)(H2,30,31,32). The van der Waals surface area contributed by atoms with Crippen molar-refractivity contribution < 1.29 is 33.5 Å². The van der Waals surface area contributed by atoms with E-state index in [4.69, 9.17) is 0 Å². The first kappa shape index (κ1) is 25.2. The van der Waals surface area contributed by atoms with Crippen molar-refractivity contribution in [3.8, 4) is 11.4 Å². The van der Waals surface area contributed by atoms with Crippen LogP contribution in [0, 0.1) is 6.92 Å². The Kier molecular flexibility index (Phi) is 6.90. The maximum absolute atomic E-state index is 12.6. The monoisotopic (exact) mass is 534 g/mol. The molecule has 0 radical (unpaired) electrons. The average Bonchev–Trinajstić information content (AvgIpc) is 3.25. The number of carbonyl (C=O) groups excluding carboxylic acids is 1. The van der Waals surface area contributed by atoms with Crippen LogP contribution in [0.5, 0.6) is 0 Å². The molecule has 0 aliphatic rings. The lowest BCUT2D eigenvalue weighted by molar-refractivity contribution is 0.102. The van der Waals surface area contributed by atoms with Crippen molar-refractivity contribution in [2.75, 3.05) is 10.6 Å². The number of thiophene rings is 1. The summed E-state index contributed by atoms with van der Waals surface area (Å²) >= 11 is 1.22. The fraction of sp³-hybridized carbons (Fsp3) is 0.0952. The van der Waals surface area contributed by atoms with Gasteiger partial charge in [0.25, 0.3) is 5.91 Å². The molecule has 2 heterocycles. The van der Waals surface area contributed by atoms with Gasteiger partial charge in [0.1, 0.15) is 10.6 Å². The fourth-order valence-corrected chi connectivity index (χ4v) is 6.14. The molecule has 35 heavy (non-hydrogen) atoms. The zero-order chi connectivity index (χ0) is 25.4. The first-order chi connectivity index (χ1) is 16.4. The molecule has 182 valence electrons. The summed E-state index contributed by atoms with van der Waals surface area (Å²) in [4.78, 5) is 59.7. The lowest BCUT2D eigenvalue weighted by Crippen LogP contribution is -2.21. The van der Waals surface area contributed by atoms with Crippen LogP contribution in [0.3, 0.4) is 0 Å². The van der Waals surface area contributed by atoms with E-state index in [0.717, 1.165) is 5.56 Å². The first-order valence-electron chi connectivity index (χ1n) is 10.0. The summed E-state index contributed by atoms with van der Waals surface area (Å²) in [5, 5.41) is 7.03. The van der Waals surface area contributed by atoms with Gasteiger partial charge in [0.2, 0.25) is 5.52 Å². The molecule has 0 spiro atoms. The number of benzene rings is 2. The Labute approximate surface area is 203 Å². The second-order valence-corrected chi connectivity index (χ2v) is 12.3. The molecule has 6 N–H and O–H groups in total. The van der Waals surface area contributed by atoms with Crippen molar-refractivity contribution in [2.45, 2.75) is 12.4 Å². The smallest absolute Gasteiger partial charge is 0.346 e. The molecule has 0 bridgehead atoms. The van der Waals surface area contributed by atoms with E-state index in [1.54, 1.807) is 47.8 Å². The molecule has 4 rings (SSSR count). The van der Waals surface area contributed by atoms with Crippen LogP contribution >= 0.6 is 26.5 Å². The molecule has 2 aromatic carbocycles. The average molecular weight is 534 g/mol. The van der Waals surface area contributed by atoms with Gasteiger partial charge >= 0.3 is 15.2 Å². The zero-order valence-electron chi connectivity index (χ0n) is 18.1. The van der Waals surface area contributed by atoms with Crippen molar-refractivity contribution >= 4 is 54.2 Å². The van der Waals surface area contributed by atoms with Gasteiger partial charge in [-0.05, 0) is 42.6 Å². The van der Waals surface area contributed by atoms with E-state index in [2.05, 4.69) is 20.6 Å². The van der Waals surface area contributed by atoms with Crippen LogP contribution in [0.2, 0.25) is 0 Å². The number of hydrogen-bond acceptors (Lipinski definition) is 7. The van der Waals surface area contributed by atoms with Gasteiger partial charge in [0.15, 0.2) is 5.82 Å². The third kappa shape index (κ3) is 5.83. The van der Waals surface area contributed by atoms with Gasteiger partial charge in [-0.15, -0.1) is 11.3 Å². The molecule has 0 aliphatic carbocycles. The Bertz CT molecular complexity index is 1480. The second-order valence-electron chi connectivity index (χ2n) is 7.63. The topological polar surface area (TPSA) is 182 Å². The van der Waals surface area contributed by atoms with Gasteiger partial charge in [0.05, 0.1) is 5.39 Å². The van der Waals surface area contributed by atoms with E-state index >= 15 is 0 Å². The summed E-state index contributed by atoms with van der Waals surface area (Å²) in [6.07, 6.45) is 0. The highest BCUT2D eigenvalue weighted by atomic mass is 32.1. The summed E-state index contributed by atoms with van der Waals surface area (Å²) in [5.41, 5.74) is -0.0470. The SMILES string of the molecule is Cc1ccc(C(=O)Nc2cccc(-c3nc(NC(P(=O)(O)O)P(=O)(O)O)c4ccsc4n3)c2)cc1. The summed E-state index contributed by atoms with van der Waals surface area (Å²) in [7, 11) is -10.5. The molecular weight excluding hydrogens is 514 g/mol. The lowest BCUT2D eigenvalue weighted by atomic mass is 10.1. The lowest BCUT2D eigenvalue weighted by Gasteiger charge is -2.21. The minimum atomic E-state index is -5.24. The Morgan fingerprint density at radius 2 is 1.66 bits per heavy atom. The van der Waals surface area contributed by atoms with E-state index in [9.17, 15) is 33.5 Å². The number of nitrogens with one attached hydrogen (secondary N) is 2. The predicted octanol–water partition coefficient (Wildman–Crippen LogP) is 3.97. The fourth-order valence-electron chi connectivity index (χ4n) is 3.23. The first-order valence-corrected chi connectivity index (χ1v) is 14.3. The Morgan fingerprint density at radius 1 is 0.971 bits per heavy atom. The number of amides is 1. The van der Waals surface area contributed by atoms with Crippen molar-refractivity contribution in [3.05, 3.63) is 71.1 Å². The Balaban J connectivity index is 1.69. The summed E-state index contributed by atoms with van der Waals surface area (Å²) in [6, 6.07) is 15.3. The predicted molar refractivity (Wildman–Crippen MR) is 133 cm³/mol. The minimum absolute atomic E-state index is 0.129. The minimum Gasteiger partial charge on any atom is -0.346 e. The zero-order valence-corrected chi connectivity index (χ0v) is 20.7. The van der Waals surface area contributed by atoms with Gasteiger partial charge in [0, 0.05) is 16.8 Å². The van der Waals surface area contributed by atoms with Crippen LogP contribution in [0.1, 0.15) is 15.9 Å². The van der Waals surface area contributed by atoms with Gasteiger partial charge in [-0.2, -0.15) is 0 Å². The number of aryl methyl sites for hydroxylation is 1. The van der Waals surface area contributed by atoms with E-state index < -0.39 is 20.7 Å². The molecule has 4 aromatic rings. The third-order valence-corrected chi connectivity index (χ3v) is 9.06. The number of aromatic nitrogens is 2. The van der Waals surface area contributed by atoms with Gasteiger partial charge in [-0.1, -0.05) is 29.8 Å². The van der Waals surface area contributed by atoms with Crippen LogP contribution in [0.15, 0.2) is 60.0 Å². The van der Waals surface area contributed by atoms with Crippen molar-refractivity contribution in [3.63, 3.8) is 0 Å². The van der Waals surface area contributed by atoms with Crippen LogP contribution < -0.4 is 10.6 Å². The maximum Gasteiger partial charge on any atom is 0.360 e. The van der Waals surface area contributed by atoms with Crippen molar-refractivity contribution in [1.82, 2.24) is 9.97 Å². The molecule has 0 fully saturated rings. The largest absolute Gasteiger partial charge is 0.360 e. The molecule has 1 amide bonds. The molecular formula is C21H20N4O7P2S. The summed E-state index contributed by atoms with van der Waals surface area (Å²) in [6.45, 7) is 1.92. The van der Waals surface area contributed by atoms with Crippen LogP contribution in [-0.2, 0) is 9.13 Å². The van der Waals surface area contributed by atoms with E-state index in [1.807, 2.05) is 19.1 Å². The number of rotatable bonds is 7. The Hall–Kier alpha value is -2.95. The number of nitrogens with zero attached hydrogens (tertiary/aromatic N) is 2. The quantitative estimate of drug-likeness (QED) is 0.190. The van der Waals surface area contributed by atoms with Gasteiger partial charge < -0.3 is 30.2 Å². The van der Waals surface area contributed by atoms with E-state index in [-0.39, 0.29) is 17.5 Å². The Morgan fingerprint density at radius 3 is 2.31 bits per heavy atom. The van der Waals surface area contributed by atoms with Gasteiger partial charge in [-0.3, -0.25) is 13.9 Å². The highest BCUT2D eigenvalue weighted by Gasteiger charge is 2.44. The highest BCUT2D eigenvalue weighted by Crippen LogP contribution is 2.59. The molecule has 0 saturated heterocycles. The van der Waals surface area contributed by atoms with Crippen LogP contribution in [0.25, 0.3) is 21.6 Å².